The molecule has 25 heavy (non-hydrogen) atoms. The molecule has 6 nitrogen and oxygen atoms in total. The number of H-pyrrole nitrogens is 1. The lowest BCUT2D eigenvalue weighted by Crippen LogP contribution is -2.55. The van der Waals surface area contributed by atoms with Crippen molar-refractivity contribution in [3.63, 3.8) is 0 Å². The van der Waals surface area contributed by atoms with Crippen LogP contribution in [0.4, 0.5) is 4.79 Å². The van der Waals surface area contributed by atoms with Gasteiger partial charge in [-0.05, 0) is 56.4 Å². The molecular formula is C19H31N5O. The topological polar surface area (TPSA) is 64.3 Å². The zero-order valence-corrected chi connectivity index (χ0v) is 15.3. The molecule has 138 valence electrons. The van der Waals surface area contributed by atoms with Gasteiger partial charge in [0.25, 0.3) is 0 Å². The number of hydrogen-bond donors (Lipinski definition) is 2. The van der Waals surface area contributed by atoms with E-state index in [1.165, 1.54) is 31.2 Å². The molecule has 1 aromatic heterocycles. The van der Waals surface area contributed by atoms with Crippen LogP contribution in [-0.4, -0.2) is 64.8 Å². The molecule has 3 aliphatic rings. The molecule has 2 aliphatic carbocycles. The molecule has 2 bridgehead atoms. The van der Waals surface area contributed by atoms with Crippen molar-refractivity contribution in [2.24, 2.45) is 11.8 Å². The van der Waals surface area contributed by atoms with Crippen LogP contribution < -0.4 is 5.32 Å². The highest BCUT2D eigenvalue weighted by atomic mass is 16.2. The molecule has 2 N–H and O–H groups in total. The Morgan fingerprint density at radius 3 is 2.76 bits per heavy atom. The number of fused-ring (bicyclic) bond motifs is 2. The second-order valence-electron chi connectivity index (χ2n) is 8.12. The molecule has 3 fully saturated rings. The lowest BCUT2D eigenvalue weighted by atomic mass is 9.93. The minimum Gasteiger partial charge on any atom is -0.338 e. The third-order valence-electron chi connectivity index (χ3n) is 6.60. The van der Waals surface area contributed by atoms with Gasteiger partial charge in [0.15, 0.2) is 0 Å². The Kier molecular flexibility index (Phi) is 4.97. The molecule has 0 radical (unpaired) electrons. The number of carbonyl (C=O) groups excluding carboxylic acids is 1. The van der Waals surface area contributed by atoms with E-state index in [9.17, 15) is 4.79 Å². The van der Waals surface area contributed by atoms with Crippen molar-refractivity contribution in [3.05, 3.63) is 17.5 Å². The summed E-state index contributed by atoms with van der Waals surface area (Å²) in [5, 5.41) is 10.1. The standard InChI is InChI=1S/C19H31N5O/c1-14-17(13-21-22-14)3-2-6-20-19(25)24-9-7-23(8-10-24)18-12-15-4-5-16(18)11-15/h13,15-16,18H,2-12H2,1H3,(H,20,25)(H,21,22)/t15-,16-,18+/m0/s1. The molecule has 0 spiro atoms. The molecule has 4 rings (SSSR count). The van der Waals surface area contributed by atoms with Gasteiger partial charge < -0.3 is 10.2 Å². The van der Waals surface area contributed by atoms with Gasteiger partial charge in [-0.2, -0.15) is 5.10 Å². The molecule has 1 aromatic rings. The summed E-state index contributed by atoms with van der Waals surface area (Å²) in [6.07, 6.45) is 9.56. The average molecular weight is 345 g/mol. The Hall–Kier alpha value is -1.56. The summed E-state index contributed by atoms with van der Waals surface area (Å²) in [4.78, 5) is 17.0. The SMILES string of the molecule is Cc1[nH]ncc1CCCNC(=O)N1CCN([C@@H]2C[C@H]3CC[C@H]2C3)CC1. The normalized spacial score (nSPS) is 29.3. The quantitative estimate of drug-likeness (QED) is 0.804. The van der Waals surface area contributed by atoms with E-state index in [-0.39, 0.29) is 6.03 Å². The predicted molar refractivity (Wildman–Crippen MR) is 97.4 cm³/mol. The van der Waals surface area contributed by atoms with E-state index in [1.54, 1.807) is 0 Å². The monoisotopic (exact) mass is 345 g/mol. The van der Waals surface area contributed by atoms with Crippen LogP contribution in [0.15, 0.2) is 6.20 Å². The van der Waals surface area contributed by atoms with Crippen LogP contribution in [0.3, 0.4) is 0 Å². The molecular weight excluding hydrogens is 314 g/mol. The third-order valence-corrected chi connectivity index (χ3v) is 6.60. The number of aromatic nitrogens is 2. The van der Waals surface area contributed by atoms with Gasteiger partial charge in [-0.25, -0.2) is 4.79 Å². The Labute approximate surface area is 150 Å². The number of carbonyl (C=O) groups is 1. The second-order valence-corrected chi connectivity index (χ2v) is 8.12. The molecule has 2 amide bonds. The average Bonchev–Trinajstić information content (AvgIpc) is 3.36. The maximum Gasteiger partial charge on any atom is 0.317 e. The number of amides is 2. The van der Waals surface area contributed by atoms with E-state index in [2.05, 4.69) is 20.4 Å². The van der Waals surface area contributed by atoms with Gasteiger partial charge in [-0.1, -0.05) is 6.42 Å². The van der Waals surface area contributed by atoms with Crippen molar-refractivity contribution in [2.45, 2.75) is 51.5 Å². The summed E-state index contributed by atoms with van der Waals surface area (Å²) in [7, 11) is 0. The number of aromatic amines is 1. The Balaban J connectivity index is 1.15. The molecule has 3 atom stereocenters. The van der Waals surface area contributed by atoms with Crippen LogP contribution in [0.2, 0.25) is 0 Å². The molecule has 2 heterocycles. The fourth-order valence-electron chi connectivity index (χ4n) is 5.13. The smallest absolute Gasteiger partial charge is 0.317 e. The molecule has 0 unspecified atom stereocenters. The number of rotatable bonds is 5. The van der Waals surface area contributed by atoms with Crippen molar-refractivity contribution in [3.8, 4) is 0 Å². The zero-order valence-electron chi connectivity index (χ0n) is 15.3. The van der Waals surface area contributed by atoms with Crippen LogP contribution in [-0.2, 0) is 6.42 Å². The fraction of sp³-hybridized carbons (Fsp3) is 0.789. The van der Waals surface area contributed by atoms with Crippen molar-refractivity contribution in [1.29, 1.82) is 0 Å². The number of urea groups is 1. The highest BCUT2D eigenvalue weighted by Gasteiger charge is 2.42. The predicted octanol–water partition coefficient (Wildman–Crippen LogP) is 2.17. The fourth-order valence-corrected chi connectivity index (χ4v) is 5.13. The molecule has 1 aliphatic heterocycles. The van der Waals surface area contributed by atoms with Crippen molar-refractivity contribution in [1.82, 2.24) is 25.3 Å². The van der Waals surface area contributed by atoms with Gasteiger partial charge in [0, 0.05) is 44.5 Å². The first-order valence-electron chi connectivity index (χ1n) is 9.96. The minimum absolute atomic E-state index is 0.108. The van der Waals surface area contributed by atoms with Gasteiger partial charge in [0.05, 0.1) is 6.20 Å². The molecule has 2 saturated carbocycles. The highest BCUT2D eigenvalue weighted by molar-refractivity contribution is 5.74. The van der Waals surface area contributed by atoms with E-state index in [1.807, 2.05) is 18.0 Å². The third kappa shape index (κ3) is 3.68. The van der Waals surface area contributed by atoms with Gasteiger partial charge in [-0.15, -0.1) is 0 Å². The number of piperazine rings is 1. The summed E-state index contributed by atoms with van der Waals surface area (Å²) in [6, 6.07) is 0.915. The second kappa shape index (κ2) is 7.36. The maximum atomic E-state index is 12.4. The zero-order chi connectivity index (χ0) is 17.2. The van der Waals surface area contributed by atoms with Crippen LogP contribution in [0.25, 0.3) is 0 Å². The van der Waals surface area contributed by atoms with E-state index in [0.717, 1.165) is 69.1 Å². The van der Waals surface area contributed by atoms with Crippen molar-refractivity contribution < 1.29 is 4.79 Å². The van der Waals surface area contributed by atoms with Gasteiger partial charge >= 0.3 is 6.03 Å². The Morgan fingerprint density at radius 1 is 1.28 bits per heavy atom. The van der Waals surface area contributed by atoms with Crippen LogP contribution in [0, 0.1) is 18.8 Å². The van der Waals surface area contributed by atoms with Crippen LogP contribution in [0.5, 0.6) is 0 Å². The summed E-state index contributed by atoms with van der Waals surface area (Å²) in [5.41, 5.74) is 2.37. The maximum absolute atomic E-state index is 12.4. The van der Waals surface area contributed by atoms with Crippen LogP contribution in [0.1, 0.15) is 43.4 Å². The lowest BCUT2D eigenvalue weighted by molar-refractivity contribution is 0.0827. The lowest BCUT2D eigenvalue weighted by Gasteiger charge is -2.41. The summed E-state index contributed by atoms with van der Waals surface area (Å²) >= 11 is 0. The minimum atomic E-state index is 0.108. The van der Waals surface area contributed by atoms with Crippen LogP contribution >= 0.6 is 0 Å². The first-order valence-corrected chi connectivity index (χ1v) is 9.96. The molecule has 0 aromatic carbocycles. The van der Waals surface area contributed by atoms with E-state index >= 15 is 0 Å². The first-order chi connectivity index (χ1) is 12.2. The molecule has 6 heteroatoms. The summed E-state index contributed by atoms with van der Waals surface area (Å²) < 4.78 is 0. The number of nitrogens with one attached hydrogen (secondary N) is 2. The van der Waals surface area contributed by atoms with Gasteiger partial charge in [-0.3, -0.25) is 10.00 Å². The number of aryl methyl sites for hydroxylation is 2. The van der Waals surface area contributed by atoms with Gasteiger partial charge in [0.2, 0.25) is 0 Å². The van der Waals surface area contributed by atoms with E-state index < -0.39 is 0 Å². The Bertz CT molecular complexity index is 592. The Morgan fingerprint density at radius 2 is 2.12 bits per heavy atom. The number of hydrogen-bond acceptors (Lipinski definition) is 3. The van der Waals surface area contributed by atoms with Crippen molar-refractivity contribution >= 4 is 6.03 Å². The molecule has 1 saturated heterocycles. The van der Waals surface area contributed by atoms with Gasteiger partial charge in [0.1, 0.15) is 0 Å². The summed E-state index contributed by atoms with van der Waals surface area (Å²) in [5.74, 6) is 1.94. The summed E-state index contributed by atoms with van der Waals surface area (Å²) in [6.45, 7) is 6.62. The van der Waals surface area contributed by atoms with E-state index in [0.29, 0.717) is 0 Å². The largest absolute Gasteiger partial charge is 0.338 e. The number of nitrogens with zero attached hydrogens (tertiary/aromatic N) is 3. The van der Waals surface area contributed by atoms with E-state index in [4.69, 9.17) is 0 Å². The first kappa shape index (κ1) is 16.9. The van der Waals surface area contributed by atoms with Crippen molar-refractivity contribution in [2.75, 3.05) is 32.7 Å². The highest BCUT2D eigenvalue weighted by Crippen LogP contribution is 2.46.